The Bertz CT molecular complexity index is 627. The summed E-state index contributed by atoms with van der Waals surface area (Å²) in [6.07, 6.45) is 4.13. The van der Waals surface area contributed by atoms with Gasteiger partial charge in [-0.25, -0.2) is 0 Å². The van der Waals surface area contributed by atoms with E-state index in [1.807, 2.05) is 34.1 Å². The third kappa shape index (κ3) is 3.51. The van der Waals surface area contributed by atoms with Crippen LogP contribution in [-0.2, 0) is 9.59 Å². The van der Waals surface area contributed by atoms with Crippen molar-refractivity contribution in [3.05, 3.63) is 29.8 Å². The highest BCUT2D eigenvalue weighted by Gasteiger charge is 2.43. The summed E-state index contributed by atoms with van der Waals surface area (Å²) in [5.41, 5.74) is 0.952. The lowest BCUT2D eigenvalue weighted by atomic mass is 9.82. The first-order chi connectivity index (χ1) is 12.2. The predicted molar refractivity (Wildman–Crippen MR) is 96.3 cm³/mol. The number of carbonyl (C=O) groups is 2. The third-order valence-electron chi connectivity index (χ3n) is 5.40. The Morgan fingerprint density at radius 2 is 2.04 bits per heavy atom. The number of rotatable bonds is 6. The van der Waals surface area contributed by atoms with E-state index in [9.17, 15) is 9.59 Å². The fourth-order valence-corrected chi connectivity index (χ4v) is 3.87. The van der Waals surface area contributed by atoms with Gasteiger partial charge in [-0.15, -0.1) is 0 Å². The zero-order chi connectivity index (χ0) is 17.8. The molecule has 3 rings (SSSR count). The zero-order valence-electron chi connectivity index (χ0n) is 15.2. The standard InChI is InChI=1S/C20H28N2O3/c1-3-4-14-22-18(23)11-10-16(20(24)21-12-7-13-21)19(22)15-8-5-6-9-17(15)25-2/h5-6,8-9,16,19H,3-4,7,10-14H2,1-2H3/t16-,19-/m0/s1. The zero-order valence-corrected chi connectivity index (χ0v) is 15.2. The molecule has 0 saturated carbocycles. The molecular weight excluding hydrogens is 316 g/mol. The van der Waals surface area contributed by atoms with Gasteiger partial charge < -0.3 is 14.5 Å². The number of benzene rings is 1. The van der Waals surface area contributed by atoms with Gasteiger partial charge in [0.2, 0.25) is 11.8 Å². The van der Waals surface area contributed by atoms with Crippen LogP contribution in [0.2, 0.25) is 0 Å². The van der Waals surface area contributed by atoms with Crippen molar-refractivity contribution in [1.82, 2.24) is 9.80 Å². The minimum Gasteiger partial charge on any atom is -0.496 e. The van der Waals surface area contributed by atoms with E-state index in [-0.39, 0.29) is 23.8 Å². The Labute approximate surface area is 149 Å². The molecule has 136 valence electrons. The number of ether oxygens (including phenoxy) is 1. The van der Waals surface area contributed by atoms with Gasteiger partial charge in [0.15, 0.2) is 0 Å². The summed E-state index contributed by atoms with van der Waals surface area (Å²) in [7, 11) is 1.64. The number of nitrogens with zero attached hydrogens (tertiary/aromatic N) is 2. The Kier molecular flexibility index (Phi) is 5.61. The van der Waals surface area contributed by atoms with Gasteiger partial charge in [0.1, 0.15) is 5.75 Å². The van der Waals surface area contributed by atoms with Crippen LogP contribution in [0.5, 0.6) is 5.75 Å². The van der Waals surface area contributed by atoms with Crippen LogP contribution in [0.4, 0.5) is 0 Å². The van der Waals surface area contributed by atoms with Gasteiger partial charge in [0.05, 0.1) is 19.1 Å². The van der Waals surface area contributed by atoms with Crippen LogP contribution in [-0.4, -0.2) is 48.4 Å². The summed E-state index contributed by atoms with van der Waals surface area (Å²) >= 11 is 0. The molecule has 2 aliphatic rings. The quantitative estimate of drug-likeness (QED) is 0.797. The molecule has 0 spiro atoms. The average molecular weight is 344 g/mol. The number of piperidine rings is 1. The Balaban J connectivity index is 1.98. The lowest BCUT2D eigenvalue weighted by Gasteiger charge is -2.44. The van der Waals surface area contributed by atoms with E-state index in [0.717, 1.165) is 43.7 Å². The molecule has 5 nitrogen and oxygen atoms in total. The largest absolute Gasteiger partial charge is 0.496 e. The topological polar surface area (TPSA) is 49.9 Å². The first-order valence-corrected chi connectivity index (χ1v) is 9.38. The van der Waals surface area contributed by atoms with Crippen LogP contribution >= 0.6 is 0 Å². The van der Waals surface area contributed by atoms with Crippen LogP contribution in [0.25, 0.3) is 0 Å². The molecule has 5 heteroatoms. The number of unbranched alkanes of at least 4 members (excludes halogenated alkanes) is 1. The summed E-state index contributed by atoms with van der Waals surface area (Å²) in [5.74, 6) is 0.921. The number of methoxy groups -OCH3 is 1. The van der Waals surface area contributed by atoms with E-state index >= 15 is 0 Å². The molecule has 0 aromatic heterocycles. The fraction of sp³-hybridized carbons (Fsp3) is 0.600. The van der Waals surface area contributed by atoms with Crippen molar-refractivity contribution in [2.75, 3.05) is 26.7 Å². The smallest absolute Gasteiger partial charge is 0.228 e. The summed E-state index contributed by atoms with van der Waals surface area (Å²) in [6.45, 7) is 4.50. The van der Waals surface area contributed by atoms with Crippen molar-refractivity contribution in [3.8, 4) is 5.75 Å². The van der Waals surface area contributed by atoms with Crippen LogP contribution in [0.1, 0.15) is 50.6 Å². The molecule has 2 aliphatic heterocycles. The first-order valence-electron chi connectivity index (χ1n) is 9.38. The number of carbonyl (C=O) groups excluding carboxylic acids is 2. The number of amides is 2. The van der Waals surface area contributed by atoms with Gasteiger partial charge in [-0.3, -0.25) is 9.59 Å². The monoisotopic (exact) mass is 344 g/mol. The van der Waals surface area contributed by atoms with E-state index in [1.165, 1.54) is 0 Å². The second-order valence-corrected chi connectivity index (χ2v) is 6.95. The number of hydrogen-bond acceptors (Lipinski definition) is 3. The molecule has 25 heavy (non-hydrogen) atoms. The van der Waals surface area contributed by atoms with E-state index in [0.29, 0.717) is 19.4 Å². The minimum absolute atomic E-state index is 0.150. The molecule has 1 aromatic carbocycles. The molecule has 2 fully saturated rings. The SMILES string of the molecule is CCCCN1C(=O)CC[C@H](C(=O)N2CCC2)[C@@H]1c1ccccc1OC. The second-order valence-electron chi connectivity index (χ2n) is 6.95. The lowest BCUT2D eigenvalue weighted by Crippen LogP contribution is -2.52. The van der Waals surface area contributed by atoms with E-state index in [1.54, 1.807) is 7.11 Å². The van der Waals surface area contributed by atoms with Crippen molar-refractivity contribution in [3.63, 3.8) is 0 Å². The maximum atomic E-state index is 13.0. The summed E-state index contributed by atoms with van der Waals surface area (Å²) in [6, 6.07) is 7.57. The second kappa shape index (κ2) is 7.89. The molecule has 0 radical (unpaired) electrons. The maximum absolute atomic E-state index is 13.0. The lowest BCUT2D eigenvalue weighted by molar-refractivity contribution is -0.150. The average Bonchev–Trinajstić information content (AvgIpc) is 2.58. The number of para-hydroxylation sites is 1. The van der Waals surface area contributed by atoms with Crippen molar-refractivity contribution in [2.24, 2.45) is 5.92 Å². The Morgan fingerprint density at radius 3 is 2.68 bits per heavy atom. The van der Waals surface area contributed by atoms with Crippen molar-refractivity contribution < 1.29 is 14.3 Å². The van der Waals surface area contributed by atoms with Crippen molar-refractivity contribution in [1.29, 1.82) is 0 Å². The minimum atomic E-state index is -0.225. The number of likely N-dealkylation sites (tertiary alicyclic amines) is 2. The fourth-order valence-electron chi connectivity index (χ4n) is 3.87. The highest BCUT2D eigenvalue weighted by Crippen LogP contribution is 2.41. The van der Waals surface area contributed by atoms with Crippen LogP contribution in [0, 0.1) is 5.92 Å². The molecule has 2 heterocycles. The Hall–Kier alpha value is -2.04. The summed E-state index contributed by atoms with van der Waals surface area (Å²) in [5, 5.41) is 0. The molecule has 2 amide bonds. The first kappa shape index (κ1) is 17.8. The van der Waals surface area contributed by atoms with Gasteiger partial charge >= 0.3 is 0 Å². The van der Waals surface area contributed by atoms with Crippen LogP contribution < -0.4 is 4.74 Å². The highest BCUT2D eigenvalue weighted by atomic mass is 16.5. The van der Waals surface area contributed by atoms with Gasteiger partial charge in [0.25, 0.3) is 0 Å². The van der Waals surface area contributed by atoms with Crippen LogP contribution in [0.3, 0.4) is 0 Å². The highest BCUT2D eigenvalue weighted by molar-refractivity contribution is 5.85. The molecular formula is C20H28N2O3. The molecule has 0 bridgehead atoms. The van der Waals surface area contributed by atoms with E-state index in [4.69, 9.17) is 4.74 Å². The van der Waals surface area contributed by atoms with E-state index < -0.39 is 0 Å². The van der Waals surface area contributed by atoms with Gasteiger partial charge in [-0.05, 0) is 25.3 Å². The van der Waals surface area contributed by atoms with Crippen LogP contribution in [0.15, 0.2) is 24.3 Å². The molecule has 0 unspecified atom stereocenters. The summed E-state index contributed by atoms with van der Waals surface area (Å²) < 4.78 is 5.55. The third-order valence-corrected chi connectivity index (χ3v) is 5.40. The van der Waals surface area contributed by atoms with Gasteiger partial charge in [-0.2, -0.15) is 0 Å². The molecule has 0 aliphatic carbocycles. The number of hydrogen-bond donors (Lipinski definition) is 0. The van der Waals surface area contributed by atoms with Gasteiger partial charge in [0, 0.05) is 31.6 Å². The van der Waals surface area contributed by atoms with Gasteiger partial charge in [-0.1, -0.05) is 31.5 Å². The normalized spacial score (nSPS) is 23.4. The van der Waals surface area contributed by atoms with Crippen molar-refractivity contribution in [2.45, 2.75) is 45.1 Å². The van der Waals surface area contributed by atoms with Crippen molar-refractivity contribution >= 4 is 11.8 Å². The molecule has 0 N–H and O–H groups in total. The maximum Gasteiger partial charge on any atom is 0.228 e. The molecule has 2 saturated heterocycles. The predicted octanol–water partition coefficient (Wildman–Crippen LogP) is 3.01. The molecule has 2 atom stereocenters. The van der Waals surface area contributed by atoms with E-state index in [2.05, 4.69) is 6.92 Å². The summed E-state index contributed by atoms with van der Waals surface area (Å²) in [4.78, 5) is 29.6. The molecule has 1 aromatic rings. The Morgan fingerprint density at radius 1 is 1.28 bits per heavy atom.